The van der Waals surface area contributed by atoms with E-state index in [1.807, 2.05) is 23.1 Å². The van der Waals surface area contributed by atoms with Crippen molar-refractivity contribution in [3.63, 3.8) is 0 Å². The van der Waals surface area contributed by atoms with Gasteiger partial charge in [0.2, 0.25) is 0 Å². The summed E-state index contributed by atoms with van der Waals surface area (Å²) in [4.78, 5) is 6.13. The molecule has 2 aromatic rings. The highest BCUT2D eigenvalue weighted by Crippen LogP contribution is 2.18. The molecule has 0 N–H and O–H groups in total. The Morgan fingerprint density at radius 3 is 2.81 bits per heavy atom. The van der Waals surface area contributed by atoms with Crippen LogP contribution in [-0.4, -0.2) is 16.4 Å². The maximum Gasteiger partial charge on any atom is 0.128 e. The summed E-state index contributed by atoms with van der Waals surface area (Å²) < 4.78 is 14.7. The van der Waals surface area contributed by atoms with E-state index in [-0.39, 0.29) is 5.82 Å². The fraction of sp³-hybridized carbons (Fsp3) is 0.250. The first-order chi connectivity index (χ1) is 10.2. The van der Waals surface area contributed by atoms with Crippen LogP contribution in [0.5, 0.6) is 0 Å². The molecule has 0 atom stereocenters. The van der Waals surface area contributed by atoms with Gasteiger partial charge in [-0.25, -0.2) is 4.39 Å². The van der Waals surface area contributed by atoms with Crippen molar-refractivity contribution >= 4 is 15.9 Å². The van der Waals surface area contributed by atoms with Crippen LogP contribution in [0.25, 0.3) is 0 Å². The van der Waals surface area contributed by atoms with Crippen LogP contribution in [0, 0.1) is 17.1 Å². The van der Waals surface area contributed by atoms with E-state index in [0.29, 0.717) is 31.6 Å². The van der Waals surface area contributed by atoms with Crippen molar-refractivity contribution in [1.29, 1.82) is 5.26 Å². The third kappa shape index (κ3) is 4.92. The molecule has 0 unspecified atom stereocenters. The molecule has 0 radical (unpaired) electrons. The van der Waals surface area contributed by atoms with Crippen LogP contribution >= 0.6 is 15.9 Å². The van der Waals surface area contributed by atoms with Gasteiger partial charge < -0.3 is 0 Å². The maximum absolute atomic E-state index is 13.9. The van der Waals surface area contributed by atoms with E-state index in [2.05, 4.69) is 27.0 Å². The second-order valence-corrected chi connectivity index (χ2v) is 5.63. The lowest BCUT2D eigenvalue weighted by molar-refractivity contribution is 0.259. The molecular weight excluding hydrogens is 333 g/mol. The first kappa shape index (κ1) is 15.6. The minimum absolute atomic E-state index is 0.238. The van der Waals surface area contributed by atoms with E-state index in [9.17, 15) is 4.39 Å². The first-order valence-corrected chi connectivity index (χ1v) is 7.40. The predicted molar refractivity (Wildman–Crippen MR) is 82.7 cm³/mol. The van der Waals surface area contributed by atoms with Crippen molar-refractivity contribution in [2.24, 2.45) is 0 Å². The van der Waals surface area contributed by atoms with Crippen molar-refractivity contribution < 1.29 is 4.39 Å². The zero-order valence-electron chi connectivity index (χ0n) is 11.5. The van der Waals surface area contributed by atoms with Crippen LogP contribution in [0.3, 0.4) is 0 Å². The molecule has 0 amide bonds. The van der Waals surface area contributed by atoms with Crippen LogP contribution in [0.2, 0.25) is 0 Å². The fourth-order valence-electron chi connectivity index (χ4n) is 2.06. The van der Waals surface area contributed by atoms with Gasteiger partial charge in [-0.3, -0.25) is 9.88 Å². The standard InChI is InChI=1S/C16H15BrFN3/c17-15-5-4-14(16(18)9-15)12-21(8-2-6-19)11-13-3-1-7-20-10-13/h1,3-5,7,9-10H,2,8,11-12H2. The lowest BCUT2D eigenvalue weighted by Gasteiger charge is -2.21. The average molecular weight is 348 g/mol. The third-order valence-electron chi connectivity index (χ3n) is 3.08. The van der Waals surface area contributed by atoms with Crippen molar-refractivity contribution in [3.8, 4) is 6.07 Å². The number of rotatable bonds is 6. The lowest BCUT2D eigenvalue weighted by Crippen LogP contribution is -2.24. The largest absolute Gasteiger partial charge is 0.294 e. The van der Waals surface area contributed by atoms with Gasteiger partial charge >= 0.3 is 0 Å². The molecule has 1 aromatic carbocycles. The Morgan fingerprint density at radius 1 is 1.29 bits per heavy atom. The molecular formula is C16H15BrFN3. The maximum atomic E-state index is 13.9. The van der Waals surface area contributed by atoms with Gasteiger partial charge in [-0.1, -0.05) is 28.1 Å². The molecule has 0 saturated heterocycles. The molecule has 0 aliphatic carbocycles. The fourth-order valence-corrected chi connectivity index (χ4v) is 2.40. The summed E-state index contributed by atoms with van der Waals surface area (Å²) in [7, 11) is 0. The second-order valence-electron chi connectivity index (χ2n) is 4.72. The van der Waals surface area contributed by atoms with Gasteiger partial charge in [-0.2, -0.15) is 5.26 Å². The molecule has 21 heavy (non-hydrogen) atoms. The van der Waals surface area contributed by atoms with Gasteiger partial charge in [0.05, 0.1) is 6.07 Å². The van der Waals surface area contributed by atoms with E-state index >= 15 is 0 Å². The SMILES string of the molecule is N#CCCN(Cc1cccnc1)Cc1ccc(Br)cc1F. The summed E-state index contributed by atoms with van der Waals surface area (Å²) in [5, 5.41) is 8.77. The summed E-state index contributed by atoms with van der Waals surface area (Å²) in [6, 6.07) is 11.0. The van der Waals surface area contributed by atoms with E-state index in [0.717, 1.165) is 10.0 Å². The van der Waals surface area contributed by atoms with Gasteiger partial charge in [0.15, 0.2) is 0 Å². The molecule has 3 nitrogen and oxygen atoms in total. The molecule has 1 heterocycles. The Hall–Kier alpha value is -1.77. The molecule has 1 aromatic heterocycles. The summed E-state index contributed by atoms with van der Waals surface area (Å²) in [6.07, 6.45) is 3.92. The topological polar surface area (TPSA) is 39.9 Å². The van der Waals surface area contributed by atoms with Gasteiger partial charge in [0.1, 0.15) is 5.82 Å². The predicted octanol–water partition coefficient (Wildman–Crippen LogP) is 3.90. The molecule has 0 fully saturated rings. The smallest absolute Gasteiger partial charge is 0.128 e. The highest BCUT2D eigenvalue weighted by atomic mass is 79.9. The molecule has 108 valence electrons. The summed E-state index contributed by atoms with van der Waals surface area (Å²) >= 11 is 3.25. The molecule has 5 heteroatoms. The Bertz CT molecular complexity index is 625. The quantitative estimate of drug-likeness (QED) is 0.795. The molecule has 0 spiro atoms. The van der Waals surface area contributed by atoms with Crippen LogP contribution in [0.15, 0.2) is 47.2 Å². The zero-order chi connectivity index (χ0) is 15.1. The monoisotopic (exact) mass is 347 g/mol. The number of aromatic nitrogens is 1. The van der Waals surface area contributed by atoms with Crippen molar-refractivity contribution in [2.75, 3.05) is 6.54 Å². The average Bonchev–Trinajstić information content (AvgIpc) is 2.48. The number of nitrogens with zero attached hydrogens (tertiary/aromatic N) is 3. The zero-order valence-corrected chi connectivity index (χ0v) is 13.1. The van der Waals surface area contributed by atoms with Crippen molar-refractivity contribution in [2.45, 2.75) is 19.5 Å². The lowest BCUT2D eigenvalue weighted by atomic mass is 10.1. The Balaban J connectivity index is 2.10. The van der Waals surface area contributed by atoms with Crippen molar-refractivity contribution in [3.05, 3.63) is 64.1 Å². The van der Waals surface area contributed by atoms with E-state index in [1.54, 1.807) is 18.5 Å². The van der Waals surface area contributed by atoms with Gasteiger partial charge in [-0.15, -0.1) is 0 Å². The van der Waals surface area contributed by atoms with E-state index in [1.165, 1.54) is 6.07 Å². The number of hydrogen-bond donors (Lipinski definition) is 0. The van der Waals surface area contributed by atoms with Crippen LogP contribution in [0.4, 0.5) is 4.39 Å². The second kappa shape index (κ2) is 7.87. The summed E-state index contributed by atoms with van der Waals surface area (Å²) in [5.41, 5.74) is 1.67. The van der Waals surface area contributed by atoms with Gasteiger partial charge in [0.25, 0.3) is 0 Å². The Kier molecular flexibility index (Phi) is 5.85. The summed E-state index contributed by atoms with van der Waals surface area (Å²) in [6.45, 7) is 1.71. The number of benzene rings is 1. The number of nitriles is 1. The van der Waals surface area contributed by atoms with Crippen LogP contribution < -0.4 is 0 Å². The molecule has 0 saturated carbocycles. The van der Waals surface area contributed by atoms with Gasteiger partial charge in [-0.05, 0) is 23.8 Å². The first-order valence-electron chi connectivity index (χ1n) is 6.61. The van der Waals surface area contributed by atoms with Crippen LogP contribution in [-0.2, 0) is 13.1 Å². The molecule has 0 aliphatic heterocycles. The Labute approximate surface area is 132 Å². The third-order valence-corrected chi connectivity index (χ3v) is 3.57. The van der Waals surface area contributed by atoms with E-state index < -0.39 is 0 Å². The van der Waals surface area contributed by atoms with Crippen molar-refractivity contribution in [1.82, 2.24) is 9.88 Å². The number of hydrogen-bond acceptors (Lipinski definition) is 3. The minimum Gasteiger partial charge on any atom is -0.294 e. The van der Waals surface area contributed by atoms with E-state index in [4.69, 9.17) is 5.26 Å². The number of halogens is 2. The summed E-state index contributed by atoms with van der Waals surface area (Å²) in [5.74, 6) is -0.238. The number of pyridine rings is 1. The highest BCUT2D eigenvalue weighted by molar-refractivity contribution is 9.10. The molecule has 0 bridgehead atoms. The highest BCUT2D eigenvalue weighted by Gasteiger charge is 2.10. The minimum atomic E-state index is -0.238. The molecule has 0 aliphatic rings. The van der Waals surface area contributed by atoms with Gasteiger partial charge in [0, 0.05) is 48.5 Å². The Morgan fingerprint density at radius 2 is 2.14 bits per heavy atom. The van der Waals surface area contributed by atoms with Crippen LogP contribution in [0.1, 0.15) is 17.5 Å². The molecule has 2 rings (SSSR count). The normalized spacial score (nSPS) is 10.6.